The SMILES string of the molecule is CCC(O)(CC)c1ccccc1C#Cc1ccccc1. The predicted octanol–water partition coefficient (Wildman–Crippen LogP) is 4.09. The van der Waals surface area contributed by atoms with Gasteiger partial charge in [-0.2, -0.15) is 0 Å². The van der Waals surface area contributed by atoms with Crippen LogP contribution in [-0.4, -0.2) is 5.11 Å². The number of rotatable bonds is 3. The topological polar surface area (TPSA) is 20.2 Å². The van der Waals surface area contributed by atoms with Gasteiger partial charge in [0, 0.05) is 11.1 Å². The summed E-state index contributed by atoms with van der Waals surface area (Å²) in [4.78, 5) is 0. The third-order valence-electron chi connectivity index (χ3n) is 3.71. The maximum Gasteiger partial charge on any atom is 0.0903 e. The Bertz CT molecular complexity index is 613. The Morgan fingerprint density at radius 1 is 0.850 bits per heavy atom. The molecular weight excluding hydrogens is 244 g/mol. The maximum absolute atomic E-state index is 10.7. The van der Waals surface area contributed by atoms with Gasteiger partial charge in [0.2, 0.25) is 0 Å². The van der Waals surface area contributed by atoms with Crippen LogP contribution in [-0.2, 0) is 5.60 Å². The van der Waals surface area contributed by atoms with Gasteiger partial charge in [-0.25, -0.2) is 0 Å². The van der Waals surface area contributed by atoms with E-state index in [9.17, 15) is 5.11 Å². The molecule has 102 valence electrons. The molecule has 0 unspecified atom stereocenters. The minimum atomic E-state index is -0.790. The van der Waals surface area contributed by atoms with Crippen molar-refractivity contribution in [3.8, 4) is 11.8 Å². The lowest BCUT2D eigenvalue weighted by atomic mass is 9.85. The van der Waals surface area contributed by atoms with Crippen molar-refractivity contribution in [1.29, 1.82) is 0 Å². The fourth-order valence-electron chi connectivity index (χ4n) is 2.29. The molecular formula is C19H20O. The van der Waals surface area contributed by atoms with E-state index in [0.717, 1.165) is 16.7 Å². The summed E-state index contributed by atoms with van der Waals surface area (Å²) in [7, 11) is 0. The van der Waals surface area contributed by atoms with E-state index in [1.807, 2.05) is 68.4 Å². The fourth-order valence-corrected chi connectivity index (χ4v) is 2.29. The van der Waals surface area contributed by atoms with Gasteiger partial charge < -0.3 is 5.11 Å². The van der Waals surface area contributed by atoms with Crippen molar-refractivity contribution in [1.82, 2.24) is 0 Å². The first-order chi connectivity index (χ1) is 9.69. The molecule has 2 aromatic carbocycles. The Kier molecular flexibility index (Phi) is 4.61. The lowest BCUT2D eigenvalue weighted by Gasteiger charge is -2.26. The molecule has 1 nitrogen and oxygen atoms in total. The number of hydrogen-bond donors (Lipinski definition) is 1. The summed E-state index contributed by atoms with van der Waals surface area (Å²) in [6.45, 7) is 4.01. The van der Waals surface area contributed by atoms with Crippen LogP contribution in [0.4, 0.5) is 0 Å². The Hall–Kier alpha value is -2.04. The van der Waals surface area contributed by atoms with Crippen molar-refractivity contribution in [3.63, 3.8) is 0 Å². The summed E-state index contributed by atoms with van der Waals surface area (Å²) in [6.07, 6.45) is 1.38. The lowest BCUT2D eigenvalue weighted by Crippen LogP contribution is -2.24. The predicted molar refractivity (Wildman–Crippen MR) is 83.3 cm³/mol. The highest BCUT2D eigenvalue weighted by atomic mass is 16.3. The zero-order valence-electron chi connectivity index (χ0n) is 12.1. The third-order valence-corrected chi connectivity index (χ3v) is 3.71. The zero-order valence-corrected chi connectivity index (χ0v) is 12.1. The Labute approximate surface area is 121 Å². The molecule has 0 aliphatic rings. The van der Waals surface area contributed by atoms with Gasteiger partial charge in [0.25, 0.3) is 0 Å². The summed E-state index contributed by atoms with van der Waals surface area (Å²) in [5.74, 6) is 6.35. The van der Waals surface area contributed by atoms with E-state index >= 15 is 0 Å². The van der Waals surface area contributed by atoms with E-state index < -0.39 is 5.60 Å². The highest BCUT2D eigenvalue weighted by Gasteiger charge is 2.26. The molecule has 0 fully saturated rings. The van der Waals surface area contributed by atoms with Crippen molar-refractivity contribution >= 4 is 0 Å². The van der Waals surface area contributed by atoms with E-state index in [-0.39, 0.29) is 0 Å². The van der Waals surface area contributed by atoms with Crippen molar-refractivity contribution in [2.45, 2.75) is 32.3 Å². The molecule has 0 aliphatic carbocycles. The van der Waals surface area contributed by atoms with Gasteiger partial charge in [0.05, 0.1) is 5.60 Å². The molecule has 0 saturated carbocycles. The maximum atomic E-state index is 10.7. The molecule has 0 heterocycles. The molecule has 0 aromatic heterocycles. The largest absolute Gasteiger partial charge is 0.385 e. The van der Waals surface area contributed by atoms with Crippen LogP contribution >= 0.6 is 0 Å². The normalized spacial score (nSPS) is 10.8. The molecule has 1 heteroatoms. The van der Waals surface area contributed by atoms with Crippen LogP contribution < -0.4 is 0 Å². The molecule has 0 spiro atoms. The van der Waals surface area contributed by atoms with Crippen LogP contribution in [0.1, 0.15) is 43.4 Å². The lowest BCUT2D eigenvalue weighted by molar-refractivity contribution is 0.0281. The quantitative estimate of drug-likeness (QED) is 0.828. The van der Waals surface area contributed by atoms with Gasteiger partial charge in [0.15, 0.2) is 0 Å². The van der Waals surface area contributed by atoms with Gasteiger partial charge in [-0.15, -0.1) is 0 Å². The van der Waals surface area contributed by atoms with E-state index in [4.69, 9.17) is 0 Å². The van der Waals surface area contributed by atoms with Crippen LogP contribution in [0.15, 0.2) is 54.6 Å². The molecule has 0 aliphatic heterocycles. The Morgan fingerprint density at radius 2 is 1.45 bits per heavy atom. The molecule has 1 N–H and O–H groups in total. The average Bonchev–Trinajstić information content (AvgIpc) is 2.53. The van der Waals surface area contributed by atoms with Gasteiger partial charge in [-0.3, -0.25) is 0 Å². The highest BCUT2D eigenvalue weighted by molar-refractivity contribution is 5.48. The zero-order chi connectivity index (χ0) is 14.4. The van der Waals surface area contributed by atoms with Crippen molar-refractivity contribution < 1.29 is 5.11 Å². The van der Waals surface area contributed by atoms with Gasteiger partial charge in [-0.1, -0.05) is 62.1 Å². The monoisotopic (exact) mass is 264 g/mol. The van der Waals surface area contributed by atoms with Crippen LogP contribution in [0.5, 0.6) is 0 Å². The Morgan fingerprint density at radius 3 is 2.10 bits per heavy atom. The second kappa shape index (κ2) is 6.41. The molecule has 20 heavy (non-hydrogen) atoms. The minimum Gasteiger partial charge on any atom is -0.385 e. The summed E-state index contributed by atoms with van der Waals surface area (Å²) >= 11 is 0. The van der Waals surface area contributed by atoms with Crippen LogP contribution in [0, 0.1) is 11.8 Å². The van der Waals surface area contributed by atoms with Crippen molar-refractivity contribution in [2.75, 3.05) is 0 Å². The Balaban J connectivity index is 2.42. The third kappa shape index (κ3) is 3.10. The molecule has 0 bridgehead atoms. The number of hydrogen-bond acceptors (Lipinski definition) is 1. The number of benzene rings is 2. The molecule has 0 atom stereocenters. The first-order valence-electron chi connectivity index (χ1n) is 7.08. The average molecular weight is 264 g/mol. The van der Waals surface area contributed by atoms with Crippen LogP contribution in [0.2, 0.25) is 0 Å². The highest BCUT2D eigenvalue weighted by Crippen LogP contribution is 2.30. The van der Waals surface area contributed by atoms with E-state index in [1.54, 1.807) is 0 Å². The fraction of sp³-hybridized carbons (Fsp3) is 0.263. The number of aliphatic hydroxyl groups is 1. The second-order valence-corrected chi connectivity index (χ2v) is 4.90. The first kappa shape index (κ1) is 14.4. The standard InChI is InChI=1S/C19H20O/c1-3-19(20,4-2)18-13-9-8-12-17(18)15-14-16-10-6-5-7-11-16/h5-13,20H,3-4H2,1-2H3. The molecule has 0 amide bonds. The molecule has 2 rings (SSSR count). The smallest absolute Gasteiger partial charge is 0.0903 e. The van der Waals surface area contributed by atoms with E-state index in [2.05, 4.69) is 11.8 Å². The molecule has 2 aromatic rings. The van der Waals surface area contributed by atoms with Crippen molar-refractivity contribution in [3.05, 3.63) is 71.3 Å². The first-order valence-corrected chi connectivity index (χ1v) is 7.08. The van der Waals surface area contributed by atoms with E-state index in [1.165, 1.54) is 0 Å². The minimum absolute atomic E-state index is 0.688. The van der Waals surface area contributed by atoms with Gasteiger partial charge in [0.1, 0.15) is 0 Å². The molecule has 0 saturated heterocycles. The van der Waals surface area contributed by atoms with Crippen LogP contribution in [0.3, 0.4) is 0 Å². The summed E-state index contributed by atoms with van der Waals surface area (Å²) < 4.78 is 0. The summed E-state index contributed by atoms with van der Waals surface area (Å²) in [6, 6.07) is 17.8. The van der Waals surface area contributed by atoms with Crippen molar-refractivity contribution in [2.24, 2.45) is 0 Å². The van der Waals surface area contributed by atoms with E-state index in [0.29, 0.717) is 12.8 Å². The van der Waals surface area contributed by atoms with Crippen LogP contribution in [0.25, 0.3) is 0 Å². The van der Waals surface area contributed by atoms with Gasteiger partial charge >= 0.3 is 0 Å². The summed E-state index contributed by atoms with van der Waals surface area (Å²) in [5.41, 5.74) is 2.02. The second-order valence-electron chi connectivity index (χ2n) is 4.90. The molecule has 0 radical (unpaired) electrons. The summed E-state index contributed by atoms with van der Waals surface area (Å²) in [5, 5.41) is 10.7. The van der Waals surface area contributed by atoms with Gasteiger partial charge in [-0.05, 0) is 36.6 Å².